The van der Waals surface area contributed by atoms with E-state index in [9.17, 15) is 0 Å². The zero-order valence-electron chi connectivity index (χ0n) is 7.54. The smallest absolute Gasteiger partial charge is 0.0711 e. The van der Waals surface area contributed by atoms with Crippen LogP contribution >= 0.6 is 0 Å². The number of hydrogen-bond acceptors (Lipinski definition) is 2. The summed E-state index contributed by atoms with van der Waals surface area (Å²) >= 11 is 0. The Morgan fingerprint density at radius 2 is 2.33 bits per heavy atom. The van der Waals surface area contributed by atoms with E-state index in [4.69, 9.17) is 5.11 Å². The summed E-state index contributed by atoms with van der Waals surface area (Å²) in [7, 11) is 1.94. The first-order chi connectivity index (χ1) is 5.68. The lowest BCUT2D eigenvalue weighted by atomic mass is 10.0. The van der Waals surface area contributed by atoms with Gasteiger partial charge in [0.2, 0.25) is 0 Å². The van der Waals surface area contributed by atoms with Crippen molar-refractivity contribution < 1.29 is 5.11 Å². The number of aliphatic hydroxyl groups excluding tert-OH is 1. The molecule has 0 saturated heterocycles. The fraction of sp³-hybridized carbons (Fsp3) is 0.667. The molecule has 1 aliphatic carbocycles. The normalized spacial score (nSPS) is 19.6. The van der Waals surface area contributed by atoms with Gasteiger partial charge in [-0.05, 0) is 25.8 Å². The third kappa shape index (κ3) is 0.966. The van der Waals surface area contributed by atoms with Gasteiger partial charge in [-0.15, -0.1) is 0 Å². The quantitative estimate of drug-likeness (QED) is 0.704. The Balaban J connectivity index is 2.34. The molecule has 3 heteroatoms. The molecule has 12 heavy (non-hydrogen) atoms. The molecule has 2 rings (SSSR count). The number of aliphatic hydroxyl groups is 1. The highest BCUT2D eigenvalue weighted by Gasteiger charge is 2.45. The molecule has 0 bridgehead atoms. The summed E-state index contributed by atoms with van der Waals surface area (Å²) in [4.78, 5) is 0. The van der Waals surface area contributed by atoms with Gasteiger partial charge in [0.05, 0.1) is 12.3 Å². The maximum atomic E-state index is 9.16. The van der Waals surface area contributed by atoms with Gasteiger partial charge in [-0.25, -0.2) is 0 Å². The van der Waals surface area contributed by atoms with Crippen molar-refractivity contribution in [3.8, 4) is 0 Å². The van der Waals surface area contributed by atoms with E-state index in [0.717, 1.165) is 24.2 Å². The van der Waals surface area contributed by atoms with Gasteiger partial charge in [0.15, 0.2) is 0 Å². The summed E-state index contributed by atoms with van der Waals surface area (Å²) in [6, 6.07) is 2.07. The Hall–Kier alpha value is -0.830. The fourth-order valence-electron chi connectivity index (χ4n) is 1.47. The van der Waals surface area contributed by atoms with Gasteiger partial charge in [-0.1, -0.05) is 0 Å². The second-order valence-corrected chi connectivity index (χ2v) is 3.73. The molecular weight excluding hydrogens is 152 g/mol. The minimum Gasteiger partial charge on any atom is -0.395 e. The van der Waals surface area contributed by atoms with Crippen LogP contribution in [0.25, 0.3) is 0 Å². The van der Waals surface area contributed by atoms with Crippen molar-refractivity contribution in [2.75, 3.05) is 6.61 Å². The van der Waals surface area contributed by atoms with Crippen molar-refractivity contribution in [3.05, 3.63) is 17.5 Å². The molecule has 1 aromatic heterocycles. The van der Waals surface area contributed by atoms with Crippen molar-refractivity contribution in [2.24, 2.45) is 7.05 Å². The molecule has 0 atom stereocenters. The third-order valence-electron chi connectivity index (χ3n) is 2.81. The molecule has 0 spiro atoms. The Bertz CT molecular complexity index is 280. The van der Waals surface area contributed by atoms with Gasteiger partial charge in [-0.2, -0.15) is 5.10 Å². The summed E-state index contributed by atoms with van der Waals surface area (Å²) in [6.07, 6.45) is 2.17. The van der Waals surface area contributed by atoms with E-state index < -0.39 is 0 Å². The minimum atomic E-state index is 0.0199. The Morgan fingerprint density at radius 3 is 2.67 bits per heavy atom. The molecule has 66 valence electrons. The first-order valence-corrected chi connectivity index (χ1v) is 4.30. The van der Waals surface area contributed by atoms with Gasteiger partial charge < -0.3 is 5.11 Å². The maximum absolute atomic E-state index is 9.16. The summed E-state index contributed by atoms with van der Waals surface area (Å²) in [5, 5.41) is 13.5. The molecule has 1 aromatic rings. The molecule has 1 saturated carbocycles. The van der Waals surface area contributed by atoms with Gasteiger partial charge in [0.25, 0.3) is 0 Å². The minimum absolute atomic E-state index is 0.0199. The molecule has 1 aliphatic rings. The highest BCUT2D eigenvalue weighted by atomic mass is 16.3. The predicted octanol–water partition coefficient (Wildman–Crippen LogP) is 0.752. The van der Waals surface area contributed by atoms with Crippen molar-refractivity contribution in [2.45, 2.75) is 25.2 Å². The maximum Gasteiger partial charge on any atom is 0.0711 e. The number of nitrogens with zero attached hydrogens (tertiary/aromatic N) is 2. The fourth-order valence-corrected chi connectivity index (χ4v) is 1.47. The van der Waals surface area contributed by atoms with Crippen molar-refractivity contribution in [3.63, 3.8) is 0 Å². The summed E-state index contributed by atoms with van der Waals surface area (Å²) in [6.45, 7) is 2.27. The molecular formula is C9H14N2O. The molecule has 1 N–H and O–H groups in total. The van der Waals surface area contributed by atoms with E-state index in [1.165, 1.54) is 0 Å². The average Bonchev–Trinajstić information content (AvgIpc) is 2.77. The van der Waals surface area contributed by atoms with Gasteiger partial charge >= 0.3 is 0 Å². The third-order valence-corrected chi connectivity index (χ3v) is 2.81. The molecule has 0 unspecified atom stereocenters. The lowest BCUT2D eigenvalue weighted by Gasteiger charge is -2.05. The molecule has 0 radical (unpaired) electrons. The standard InChI is InChI=1S/C9H14N2O/c1-7-5-8(10-11(7)2)9(6-12)3-4-9/h5,12H,3-4,6H2,1-2H3. The summed E-state index contributed by atoms with van der Waals surface area (Å²) in [5.41, 5.74) is 2.24. The Kier molecular flexibility index (Phi) is 1.51. The molecule has 0 aliphatic heterocycles. The molecule has 1 fully saturated rings. The van der Waals surface area contributed by atoms with Crippen LogP contribution < -0.4 is 0 Å². The van der Waals surface area contributed by atoms with E-state index in [2.05, 4.69) is 11.2 Å². The highest BCUT2D eigenvalue weighted by Crippen LogP contribution is 2.46. The van der Waals surface area contributed by atoms with Crippen LogP contribution in [0, 0.1) is 6.92 Å². The molecule has 3 nitrogen and oxygen atoms in total. The van der Waals surface area contributed by atoms with E-state index >= 15 is 0 Å². The molecule has 0 aromatic carbocycles. The predicted molar refractivity (Wildman–Crippen MR) is 45.9 cm³/mol. The monoisotopic (exact) mass is 166 g/mol. The first-order valence-electron chi connectivity index (χ1n) is 4.30. The second-order valence-electron chi connectivity index (χ2n) is 3.73. The van der Waals surface area contributed by atoms with E-state index in [1.807, 2.05) is 18.7 Å². The number of rotatable bonds is 2. The topological polar surface area (TPSA) is 38.1 Å². The lowest BCUT2D eigenvalue weighted by molar-refractivity contribution is 0.252. The van der Waals surface area contributed by atoms with Gasteiger partial charge in [-0.3, -0.25) is 4.68 Å². The van der Waals surface area contributed by atoms with E-state index in [0.29, 0.717) is 0 Å². The number of hydrogen-bond donors (Lipinski definition) is 1. The van der Waals surface area contributed by atoms with Crippen LogP contribution in [-0.2, 0) is 12.5 Å². The lowest BCUT2D eigenvalue weighted by Crippen LogP contribution is -2.12. The number of aromatic nitrogens is 2. The van der Waals surface area contributed by atoms with Crippen molar-refractivity contribution in [1.82, 2.24) is 9.78 Å². The second kappa shape index (κ2) is 2.33. The van der Waals surface area contributed by atoms with Crippen LogP contribution in [0.1, 0.15) is 24.2 Å². The van der Waals surface area contributed by atoms with Crippen LogP contribution in [0.3, 0.4) is 0 Å². The van der Waals surface area contributed by atoms with Crippen LogP contribution in [0.2, 0.25) is 0 Å². The van der Waals surface area contributed by atoms with Gasteiger partial charge in [0.1, 0.15) is 0 Å². The van der Waals surface area contributed by atoms with E-state index in [1.54, 1.807) is 0 Å². The zero-order valence-corrected chi connectivity index (χ0v) is 7.54. The number of aryl methyl sites for hydroxylation is 2. The highest BCUT2D eigenvalue weighted by molar-refractivity contribution is 5.26. The largest absolute Gasteiger partial charge is 0.395 e. The van der Waals surface area contributed by atoms with Crippen LogP contribution in [0.15, 0.2) is 6.07 Å². The molecule has 0 amide bonds. The van der Waals surface area contributed by atoms with Crippen LogP contribution in [0.5, 0.6) is 0 Å². The summed E-state index contributed by atoms with van der Waals surface area (Å²) < 4.78 is 1.87. The van der Waals surface area contributed by atoms with E-state index in [-0.39, 0.29) is 12.0 Å². The molecule has 1 heterocycles. The van der Waals surface area contributed by atoms with Gasteiger partial charge in [0, 0.05) is 18.2 Å². The Morgan fingerprint density at radius 1 is 1.67 bits per heavy atom. The van der Waals surface area contributed by atoms with Crippen molar-refractivity contribution in [1.29, 1.82) is 0 Å². The first kappa shape index (κ1) is 7.80. The zero-order chi connectivity index (χ0) is 8.77. The van der Waals surface area contributed by atoms with Crippen molar-refractivity contribution >= 4 is 0 Å². The summed E-state index contributed by atoms with van der Waals surface area (Å²) in [5.74, 6) is 0. The Labute approximate surface area is 72.0 Å². The van der Waals surface area contributed by atoms with Crippen LogP contribution in [-0.4, -0.2) is 21.5 Å². The average molecular weight is 166 g/mol. The SMILES string of the molecule is Cc1cc(C2(CO)CC2)nn1C. The van der Waals surface area contributed by atoms with Crippen LogP contribution in [0.4, 0.5) is 0 Å².